The van der Waals surface area contributed by atoms with Gasteiger partial charge in [0.05, 0.1) is 6.04 Å². The first-order valence-corrected chi connectivity index (χ1v) is 11.7. The number of carbonyl (C=O) groups is 3. The fourth-order valence-corrected chi connectivity index (χ4v) is 4.38. The fraction of sp³-hybridized carbons (Fsp3) is 0.269. The second-order valence-electron chi connectivity index (χ2n) is 8.94. The maximum Gasteiger partial charge on any atom is 0.269 e. The minimum Gasteiger partial charge on any atom is -0.364 e. The number of benzene rings is 1. The average Bonchev–Trinajstić information content (AvgIpc) is 3.20. The molecule has 0 spiro atoms. The number of aromatic nitrogens is 3. The number of nitrogen functional groups attached to an aromatic ring is 1. The third-order valence-electron chi connectivity index (χ3n) is 6.18. The lowest BCUT2D eigenvalue weighted by Crippen LogP contribution is -2.41. The number of anilines is 1. The van der Waals surface area contributed by atoms with Crippen LogP contribution in [-0.4, -0.2) is 43.8 Å². The first-order chi connectivity index (χ1) is 17.2. The number of nitrogens with zero attached hydrogens (tertiary/aromatic N) is 4. The summed E-state index contributed by atoms with van der Waals surface area (Å²) in [5.74, 6) is 5.89. The van der Waals surface area contributed by atoms with E-state index in [9.17, 15) is 14.4 Å². The molecule has 36 heavy (non-hydrogen) atoms. The van der Waals surface area contributed by atoms with Crippen LogP contribution in [0, 0.1) is 6.92 Å². The van der Waals surface area contributed by atoms with E-state index in [0.29, 0.717) is 47.0 Å². The van der Waals surface area contributed by atoms with Crippen molar-refractivity contribution in [1.82, 2.24) is 19.5 Å². The van der Waals surface area contributed by atoms with E-state index in [4.69, 9.17) is 11.6 Å². The summed E-state index contributed by atoms with van der Waals surface area (Å²) in [4.78, 5) is 48.3. The van der Waals surface area contributed by atoms with E-state index in [1.807, 2.05) is 13.0 Å². The largest absolute Gasteiger partial charge is 0.364 e. The van der Waals surface area contributed by atoms with Crippen LogP contribution in [0.15, 0.2) is 54.7 Å². The number of nitrogens with two attached hydrogens (primary N) is 2. The molecule has 186 valence electrons. The molecule has 0 saturated carbocycles. The number of imidazole rings is 1. The maximum absolute atomic E-state index is 12.8. The van der Waals surface area contributed by atoms with Gasteiger partial charge in [0.15, 0.2) is 11.5 Å². The van der Waals surface area contributed by atoms with Gasteiger partial charge in [-0.25, -0.2) is 14.6 Å². The number of nitrogens with one attached hydrogen (secondary N) is 1. The van der Waals surface area contributed by atoms with Gasteiger partial charge in [0.2, 0.25) is 5.91 Å². The van der Waals surface area contributed by atoms with E-state index in [0.717, 1.165) is 18.4 Å². The predicted octanol–water partition coefficient (Wildman–Crippen LogP) is 2.95. The normalized spacial score (nSPS) is 15.4. The summed E-state index contributed by atoms with van der Waals surface area (Å²) < 4.78 is 1.18. The zero-order valence-electron chi connectivity index (χ0n) is 20.3. The summed E-state index contributed by atoms with van der Waals surface area (Å²) in [6.45, 7) is 7.89. The summed E-state index contributed by atoms with van der Waals surface area (Å²) in [6.07, 6.45) is 4.02. The Hall–Kier alpha value is -4.47. The smallest absolute Gasteiger partial charge is 0.269 e. The number of hydrogen-bond acceptors (Lipinski definition) is 6. The maximum atomic E-state index is 12.8. The highest BCUT2D eigenvalue weighted by Gasteiger charge is 2.34. The van der Waals surface area contributed by atoms with Crippen LogP contribution in [0.3, 0.4) is 0 Å². The summed E-state index contributed by atoms with van der Waals surface area (Å²) in [6, 6.07) is 9.80. The Morgan fingerprint density at radius 1 is 1.14 bits per heavy atom. The second-order valence-corrected chi connectivity index (χ2v) is 8.94. The highest BCUT2D eigenvalue weighted by atomic mass is 16.2. The van der Waals surface area contributed by atoms with Crippen LogP contribution < -0.4 is 16.9 Å². The Balaban J connectivity index is 1.66. The molecule has 3 heterocycles. The molecule has 0 radical (unpaired) electrons. The molecule has 1 aliphatic heterocycles. The Morgan fingerprint density at radius 3 is 2.50 bits per heavy atom. The van der Waals surface area contributed by atoms with Crippen LogP contribution in [-0.2, 0) is 4.79 Å². The van der Waals surface area contributed by atoms with Crippen LogP contribution in [0.25, 0.3) is 11.3 Å². The topological polar surface area (TPSA) is 149 Å². The van der Waals surface area contributed by atoms with Gasteiger partial charge in [0.25, 0.3) is 11.8 Å². The predicted molar refractivity (Wildman–Crippen MR) is 136 cm³/mol. The minimum absolute atomic E-state index is 0.0273. The lowest BCUT2D eigenvalue weighted by atomic mass is 10.0. The van der Waals surface area contributed by atoms with Gasteiger partial charge in [0, 0.05) is 29.4 Å². The van der Waals surface area contributed by atoms with Gasteiger partial charge in [-0.05, 0) is 62.9 Å². The molecular formula is C26H29N7O3. The molecule has 4 rings (SSSR count). The van der Waals surface area contributed by atoms with Crippen molar-refractivity contribution in [3.8, 4) is 11.3 Å². The zero-order chi connectivity index (χ0) is 26.0. The van der Waals surface area contributed by atoms with Crippen molar-refractivity contribution in [2.75, 3.05) is 17.7 Å². The monoisotopic (exact) mass is 487 g/mol. The van der Waals surface area contributed by atoms with Crippen molar-refractivity contribution >= 4 is 23.5 Å². The van der Waals surface area contributed by atoms with E-state index < -0.39 is 11.9 Å². The van der Waals surface area contributed by atoms with Gasteiger partial charge in [0.1, 0.15) is 11.5 Å². The van der Waals surface area contributed by atoms with E-state index in [1.165, 1.54) is 4.68 Å². The molecule has 3 aromatic rings. The van der Waals surface area contributed by atoms with E-state index in [2.05, 4.69) is 21.9 Å². The second kappa shape index (κ2) is 10.0. The molecule has 0 aliphatic carbocycles. The number of rotatable bonds is 6. The molecule has 1 atom stereocenters. The molecule has 1 saturated heterocycles. The molecule has 10 nitrogen and oxygen atoms in total. The number of carbonyl (C=O) groups excluding carboxylic acids is 3. The van der Waals surface area contributed by atoms with Crippen molar-refractivity contribution in [1.29, 1.82) is 0 Å². The molecular weight excluding hydrogens is 458 g/mol. The van der Waals surface area contributed by atoms with E-state index in [1.54, 1.807) is 48.4 Å². The first-order valence-electron chi connectivity index (χ1n) is 11.7. The Labute approximate surface area is 209 Å². The minimum atomic E-state index is -0.743. The third kappa shape index (κ3) is 4.83. The van der Waals surface area contributed by atoms with E-state index >= 15 is 0 Å². The van der Waals surface area contributed by atoms with Gasteiger partial charge in [-0.1, -0.05) is 18.7 Å². The van der Waals surface area contributed by atoms with Gasteiger partial charge < -0.3 is 21.8 Å². The number of amides is 3. The number of hydrogen-bond donors (Lipinski definition) is 3. The van der Waals surface area contributed by atoms with Gasteiger partial charge in [-0.3, -0.25) is 14.4 Å². The van der Waals surface area contributed by atoms with Crippen LogP contribution >= 0.6 is 0 Å². The Morgan fingerprint density at radius 2 is 1.86 bits per heavy atom. The standard InChI is InChI=1S/C26H29N7O3/c1-15(2)26(36)32-13-5-4-6-19(32)24-31-21(22(23(27)34)33(24)28)17-7-9-18(10-8-17)25(35)30-20-14-16(3)11-12-29-20/h7-12,14,19H,1,4-6,13,28H2,2-3H3,(H2,27,34)(H,29,30,35)/t19-/m0/s1. The number of primary amides is 1. The highest BCUT2D eigenvalue weighted by molar-refractivity contribution is 6.04. The number of aryl methyl sites for hydroxylation is 1. The molecule has 10 heteroatoms. The van der Waals surface area contributed by atoms with E-state index in [-0.39, 0.29) is 17.5 Å². The quantitative estimate of drug-likeness (QED) is 0.359. The van der Waals surface area contributed by atoms with Crippen molar-refractivity contribution < 1.29 is 14.4 Å². The lowest BCUT2D eigenvalue weighted by molar-refractivity contribution is -0.131. The Bertz CT molecular complexity index is 1340. The number of likely N-dealkylation sites (tertiary alicyclic amines) is 1. The van der Waals surface area contributed by atoms with Gasteiger partial charge >= 0.3 is 0 Å². The van der Waals surface area contributed by atoms with Crippen molar-refractivity contribution in [2.45, 2.75) is 39.2 Å². The lowest BCUT2D eigenvalue weighted by Gasteiger charge is -2.35. The summed E-state index contributed by atoms with van der Waals surface area (Å²) in [5.41, 5.74) is 8.35. The van der Waals surface area contributed by atoms with Crippen molar-refractivity contribution in [3.05, 3.63) is 77.4 Å². The number of pyridine rings is 1. The zero-order valence-corrected chi connectivity index (χ0v) is 20.3. The van der Waals surface area contributed by atoms with Crippen LogP contribution in [0.2, 0.25) is 0 Å². The molecule has 2 aromatic heterocycles. The SMILES string of the molecule is C=C(C)C(=O)N1CCCC[C@H]1c1nc(-c2ccc(C(=O)Nc3cc(C)ccn3)cc2)c(C(N)=O)n1N. The molecule has 5 N–H and O–H groups in total. The molecule has 0 bridgehead atoms. The number of piperidine rings is 1. The van der Waals surface area contributed by atoms with Crippen LogP contribution in [0.4, 0.5) is 5.82 Å². The average molecular weight is 488 g/mol. The van der Waals surface area contributed by atoms with Crippen molar-refractivity contribution in [2.24, 2.45) is 5.73 Å². The summed E-state index contributed by atoms with van der Waals surface area (Å²) in [7, 11) is 0. The highest BCUT2D eigenvalue weighted by Crippen LogP contribution is 2.34. The van der Waals surface area contributed by atoms with Crippen LogP contribution in [0.5, 0.6) is 0 Å². The first kappa shape index (κ1) is 24.6. The molecule has 1 aromatic carbocycles. The summed E-state index contributed by atoms with van der Waals surface area (Å²) in [5, 5.41) is 2.76. The van der Waals surface area contributed by atoms with Crippen molar-refractivity contribution in [3.63, 3.8) is 0 Å². The molecule has 3 amide bonds. The summed E-state index contributed by atoms with van der Waals surface area (Å²) >= 11 is 0. The van der Waals surface area contributed by atoms with Crippen LogP contribution in [0.1, 0.15) is 64.5 Å². The third-order valence-corrected chi connectivity index (χ3v) is 6.18. The fourth-order valence-electron chi connectivity index (χ4n) is 4.38. The molecule has 0 unspecified atom stereocenters. The van der Waals surface area contributed by atoms with Gasteiger partial charge in [-0.2, -0.15) is 0 Å². The Kier molecular flexibility index (Phi) is 6.86. The van der Waals surface area contributed by atoms with Gasteiger partial charge in [-0.15, -0.1) is 0 Å². The molecule has 1 aliphatic rings. The molecule has 1 fully saturated rings.